The van der Waals surface area contributed by atoms with Gasteiger partial charge in [0.2, 0.25) is 0 Å². The van der Waals surface area contributed by atoms with Crippen LogP contribution in [0.5, 0.6) is 0 Å². The monoisotopic (exact) mass is 453 g/mol. The van der Waals surface area contributed by atoms with E-state index >= 15 is 0 Å². The molecule has 3 N–H and O–H groups in total. The SMILES string of the molecule is Cl.N#Cc1ccc(CN2C(=O)NC3(CCN(CC[C@H](N)c4ccccc4)CC3)C2=O)cc1. The number of carbonyl (C=O) groups excluding carboxylic acids is 2. The van der Waals surface area contributed by atoms with Crippen LogP contribution < -0.4 is 11.1 Å². The predicted octanol–water partition coefficient (Wildman–Crippen LogP) is 2.96. The molecule has 32 heavy (non-hydrogen) atoms. The maximum Gasteiger partial charge on any atom is 0.325 e. The quantitative estimate of drug-likeness (QED) is 0.654. The first-order chi connectivity index (χ1) is 15.0. The van der Waals surface area contributed by atoms with Gasteiger partial charge in [-0.1, -0.05) is 42.5 Å². The summed E-state index contributed by atoms with van der Waals surface area (Å²) in [5.74, 6) is -0.150. The summed E-state index contributed by atoms with van der Waals surface area (Å²) in [5, 5.41) is 11.9. The third-order valence-electron chi connectivity index (χ3n) is 6.36. The molecule has 1 spiro atoms. The zero-order valence-corrected chi connectivity index (χ0v) is 18.7. The van der Waals surface area contributed by atoms with E-state index in [1.807, 2.05) is 30.3 Å². The van der Waals surface area contributed by atoms with Crippen molar-refractivity contribution in [3.63, 3.8) is 0 Å². The van der Waals surface area contributed by atoms with Crippen molar-refractivity contribution in [1.29, 1.82) is 5.26 Å². The van der Waals surface area contributed by atoms with Crippen molar-refractivity contribution in [2.24, 2.45) is 5.73 Å². The van der Waals surface area contributed by atoms with Crippen molar-refractivity contribution >= 4 is 24.3 Å². The van der Waals surface area contributed by atoms with Gasteiger partial charge >= 0.3 is 6.03 Å². The first-order valence-electron chi connectivity index (χ1n) is 10.7. The van der Waals surface area contributed by atoms with Gasteiger partial charge in [-0.05, 0) is 49.1 Å². The van der Waals surface area contributed by atoms with Crippen molar-refractivity contribution < 1.29 is 9.59 Å². The Bertz CT molecular complexity index is 982. The van der Waals surface area contributed by atoms with Crippen LogP contribution >= 0.6 is 12.4 Å². The molecule has 0 saturated carbocycles. The van der Waals surface area contributed by atoms with E-state index in [-0.39, 0.29) is 36.9 Å². The van der Waals surface area contributed by atoms with Crippen molar-refractivity contribution in [2.75, 3.05) is 19.6 Å². The molecule has 0 unspecified atom stereocenters. The number of carbonyl (C=O) groups is 2. The van der Waals surface area contributed by atoms with Gasteiger partial charge in [0.25, 0.3) is 5.91 Å². The molecule has 0 aliphatic carbocycles. The van der Waals surface area contributed by atoms with Crippen molar-refractivity contribution in [3.05, 3.63) is 71.3 Å². The number of hydrogen-bond donors (Lipinski definition) is 2. The highest BCUT2D eigenvalue weighted by atomic mass is 35.5. The summed E-state index contributed by atoms with van der Waals surface area (Å²) in [7, 11) is 0. The smallest absolute Gasteiger partial charge is 0.324 e. The molecule has 7 nitrogen and oxygen atoms in total. The number of amides is 3. The molecule has 4 rings (SSSR count). The van der Waals surface area contributed by atoms with Crippen LogP contribution in [-0.2, 0) is 11.3 Å². The Morgan fingerprint density at radius 1 is 1.06 bits per heavy atom. The average molecular weight is 454 g/mol. The van der Waals surface area contributed by atoms with E-state index in [0.717, 1.165) is 37.2 Å². The highest BCUT2D eigenvalue weighted by Crippen LogP contribution is 2.31. The van der Waals surface area contributed by atoms with Crippen molar-refractivity contribution in [2.45, 2.75) is 37.4 Å². The Labute approximate surface area is 194 Å². The molecule has 8 heteroatoms. The highest BCUT2D eigenvalue weighted by Gasteiger charge is 2.52. The van der Waals surface area contributed by atoms with Crippen LogP contribution in [0.1, 0.15) is 42.0 Å². The molecular formula is C24H28ClN5O2. The van der Waals surface area contributed by atoms with E-state index in [4.69, 9.17) is 11.0 Å². The van der Waals surface area contributed by atoms with Gasteiger partial charge < -0.3 is 16.0 Å². The normalized spacial score (nSPS) is 18.7. The summed E-state index contributed by atoms with van der Waals surface area (Å²) < 4.78 is 0. The molecule has 2 aliphatic rings. The molecule has 3 amide bonds. The number of rotatable bonds is 6. The number of likely N-dealkylation sites (tertiary alicyclic amines) is 1. The summed E-state index contributed by atoms with van der Waals surface area (Å²) in [4.78, 5) is 29.3. The third kappa shape index (κ3) is 4.94. The standard InChI is InChI=1S/C24H27N5O2.ClH/c25-16-18-6-8-19(9-7-18)17-29-22(30)24(27-23(29)31)11-14-28(15-12-24)13-10-21(26)20-4-2-1-3-5-20;/h1-9,21H,10-15,17,26H2,(H,27,31);1H/t21-;/m0./s1. The number of nitriles is 1. The molecule has 168 valence electrons. The van der Waals surface area contributed by atoms with E-state index in [1.165, 1.54) is 4.90 Å². The lowest BCUT2D eigenvalue weighted by Crippen LogP contribution is -2.55. The first kappa shape index (κ1) is 23.7. The Kier molecular flexibility index (Phi) is 7.52. The number of piperidine rings is 1. The minimum Gasteiger partial charge on any atom is -0.324 e. The lowest BCUT2D eigenvalue weighted by molar-refractivity contribution is -0.133. The van der Waals surface area contributed by atoms with Crippen LogP contribution in [0.3, 0.4) is 0 Å². The van der Waals surface area contributed by atoms with E-state index in [9.17, 15) is 9.59 Å². The van der Waals surface area contributed by atoms with E-state index in [2.05, 4.69) is 16.3 Å². The topological polar surface area (TPSA) is 102 Å². The lowest BCUT2D eigenvalue weighted by atomic mass is 9.87. The van der Waals surface area contributed by atoms with Crippen LogP contribution in [0.25, 0.3) is 0 Å². The maximum absolute atomic E-state index is 13.1. The third-order valence-corrected chi connectivity index (χ3v) is 6.36. The lowest BCUT2D eigenvalue weighted by Gasteiger charge is -2.37. The van der Waals surface area contributed by atoms with Gasteiger partial charge in [-0.25, -0.2) is 4.79 Å². The van der Waals surface area contributed by atoms with Gasteiger partial charge in [0.15, 0.2) is 0 Å². The fourth-order valence-corrected chi connectivity index (χ4v) is 4.37. The van der Waals surface area contributed by atoms with E-state index < -0.39 is 5.54 Å². The van der Waals surface area contributed by atoms with Crippen molar-refractivity contribution in [1.82, 2.24) is 15.1 Å². The number of halogens is 1. The summed E-state index contributed by atoms with van der Waals surface area (Å²) in [6.45, 7) is 2.58. The molecule has 2 aromatic carbocycles. The van der Waals surface area contributed by atoms with Crippen LogP contribution in [0, 0.1) is 11.3 Å². The second kappa shape index (κ2) is 10.1. The van der Waals surface area contributed by atoms with E-state index in [1.54, 1.807) is 24.3 Å². The fourth-order valence-electron chi connectivity index (χ4n) is 4.37. The predicted molar refractivity (Wildman–Crippen MR) is 124 cm³/mol. The molecule has 1 atom stereocenters. The van der Waals surface area contributed by atoms with Gasteiger partial charge in [-0.3, -0.25) is 9.69 Å². The molecule has 0 aromatic heterocycles. The molecule has 2 aliphatic heterocycles. The first-order valence-corrected chi connectivity index (χ1v) is 10.7. The van der Waals surface area contributed by atoms with E-state index in [0.29, 0.717) is 18.4 Å². The largest absolute Gasteiger partial charge is 0.325 e. The Hall–Kier alpha value is -2.92. The van der Waals surface area contributed by atoms with Crippen LogP contribution in [0.4, 0.5) is 4.79 Å². The average Bonchev–Trinajstić information content (AvgIpc) is 3.03. The summed E-state index contributed by atoms with van der Waals surface area (Å²) >= 11 is 0. The second-order valence-corrected chi connectivity index (χ2v) is 8.36. The maximum atomic E-state index is 13.1. The minimum absolute atomic E-state index is 0. The number of urea groups is 1. The number of benzene rings is 2. The number of hydrogen-bond acceptors (Lipinski definition) is 5. The Morgan fingerprint density at radius 2 is 1.72 bits per heavy atom. The Morgan fingerprint density at radius 3 is 2.34 bits per heavy atom. The number of nitrogens with two attached hydrogens (primary N) is 1. The minimum atomic E-state index is -0.804. The van der Waals surface area contributed by atoms with Crippen LogP contribution in [0.15, 0.2) is 54.6 Å². The second-order valence-electron chi connectivity index (χ2n) is 8.36. The molecule has 0 bridgehead atoms. The molecule has 0 radical (unpaired) electrons. The zero-order valence-electron chi connectivity index (χ0n) is 17.9. The number of nitrogens with zero attached hydrogens (tertiary/aromatic N) is 3. The van der Waals surface area contributed by atoms with Crippen molar-refractivity contribution in [3.8, 4) is 6.07 Å². The summed E-state index contributed by atoms with van der Waals surface area (Å²) in [6.07, 6.45) is 2.05. The molecule has 2 aromatic rings. The number of nitrogens with one attached hydrogen (secondary N) is 1. The van der Waals surface area contributed by atoms with Crippen LogP contribution in [0.2, 0.25) is 0 Å². The van der Waals surface area contributed by atoms with Gasteiger partial charge in [-0.15, -0.1) is 12.4 Å². The number of imide groups is 1. The Balaban J connectivity index is 0.00000289. The summed E-state index contributed by atoms with van der Waals surface area (Å²) in [6, 6.07) is 18.8. The van der Waals surface area contributed by atoms with Gasteiger partial charge in [0.1, 0.15) is 5.54 Å². The molecular weight excluding hydrogens is 426 g/mol. The molecule has 2 fully saturated rings. The van der Waals surface area contributed by atoms with Gasteiger partial charge in [0.05, 0.1) is 18.2 Å². The summed E-state index contributed by atoms with van der Waals surface area (Å²) in [5.41, 5.74) is 8.02. The van der Waals surface area contributed by atoms with Gasteiger partial charge in [0, 0.05) is 19.1 Å². The highest BCUT2D eigenvalue weighted by molar-refractivity contribution is 6.07. The van der Waals surface area contributed by atoms with Gasteiger partial charge in [-0.2, -0.15) is 5.26 Å². The zero-order chi connectivity index (χ0) is 21.8. The molecule has 2 saturated heterocycles. The molecule has 2 heterocycles. The van der Waals surface area contributed by atoms with Crippen LogP contribution in [-0.4, -0.2) is 46.9 Å². The fraction of sp³-hybridized carbons (Fsp3) is 0.375.